The Bertz CT molecular complexity index is 331. The first-order valence-corrected chi connectivity index (χ1v) is 7.41. The van der Waals surface area contributed by atoms with Crippen LogP contribution in [0.4, 0.5) is 0 Å². The van der Waals surface area contributed by atoms with Gasteiger partial charge in [0.05, 0.1) is 5.60 Å². The summed E-state index contributed by atoms with van der Waals surface area (Å²) in [5, 5.41) is 20.0. The van der Waals surface area contributed by atoms with E-state index >= 15 is 0 Å². The predicted molar refractivity (Wildman–Crippen MR) is 74.3 cm³/mol. The molecule has 2 fully saturated rings. The van der Waals surface area contributed by atoms with Gasteiger partial charge in [-0.2, -0.15) is 0 Å². The Morgan fingerprint density at radius 2 is 2.00 bits per heavy atom. The lowest BCUT2D eigenvalue weighted by molar-refractivity contribution is -0.129. The molecule has 0 saturated carbocycles. The summed E-state index contributed by atoms with van der Waals surface area (Å²) in [6, 6.07) is 0. The Morgan fingerprint density at radius 3 is 2.60 bits per heavy atom. The highest BCUT2D eigenvalue weighted by atomic mass is 16.5. The fourth-order valence-corrected chi connectivity index (χ4v) is 3.05. The van der Waals surface area contributed by atoms with Gasteiger partial charge in [-0.25, -0.2) is 0 Å². The van der Waals surface area contributed by atoms with Crippen molar-refractivity contribution >= 4 is 5.91 Å². The number of hydrogen-bond donors (Lipinski definition) is 2. The molecule has 0 bridgehead atoms. The van der Waals surface area contributed by atoms with Crippen molar-refractivity contribution < 1.29 is 19.7 Å². The summed E-state index contributed by atoms with van der Waals surface area (Å²) < 4.78 is 5.30. The van der Waals surface area contributed by atoms with Crippen molar-refractivity contribution in [2.24, 2.45) is 5.92 Å². The van der Waals surface area contributed by atoms with Gasteiger partial charge in [-0.15, -0.1) is 0 Å². The molecule has 0 aromatic carbocycles. The summed E-state index contributed by atoms with van der Waals surface area (Å²) in [7, 11) is 0. The van der Waals surface area contributed by atoms with Crippen molar-refractivity contribution in [1.29, 1.82) is 0 Å². The van der Waals surface area contributed by atoms with Gasteiger partial charge in [0.1, 0.15) is 0 Å². The molecule has 0 aromatic heterocycles. The van der Waals surface area contributed by atoms with Gasteiger partial charge in [0.15, 0.2) is 0 Å². The van der Waals surface area contributed by atoms with E-state index in [0.29, 0.717) is 45.7 Å². The van der Waals surface area contributed by atoms with Crippen LogP contribution in [-0.2, 0) is 9.53 Å². The van der Waals surface area contributed by atoms with Gasteiger partial charge in [0, 0.05) is 78.2 Å². The number of hydrogen-bond acceptors (Lipinski definition) is 5. The summed E-state index contributed by atoms with van der Waals surface area (Å²) in [4.78, 5) is 15.5. The maximum absolute atomic E-state index is 11.5. The summed E-state index contributed by atoms with van der Waals surface area (Å²) in [6.07, 6.45) is 1.31. The van der Waals surface area contributed by atoms with Gasteiger partial charge in [-0.3, -0.25) is 9.69 Å². The Hall–Kier alpha value is -0.690. The van der Waals surface area contributed by atoms with Gasteiger partial charge < -0.3 is 19.8 Å². The molecule has 2 saturated heterocycles. The molecule has 0 spiro atoms. The number of carbonyl (C=O) groups is 1. The highest BCUT2D eigenvalue weighted by molar-refractivity contribution is 5.73. The number of carbonyl (C=O) groups excluding carboxylic acids is 1. The maximum Gasteiger partial charge on any atom is 0.219 e. The van der Waals surface area contributed by atoms with Crippen LogP contribution in [0.1, 0.15) is 19.8 Å². The molecule has 2 N–H and O–H groups in total. The van der Waals surface area contributed by atoms with Crippen LogP contribution in [0.2, 0.25) is 0 Å². The van der Waals surface area contributed by atoms with Crippen LogP contribution in [0.5, 0.6) is 0 Å². The third kappa shape index (κ3) is 4.15. The zero-order chi connectivity index (χ0) is 14.6. The van der Waals surface area contributed by atoms with E-state index in [0.717, 1.165) is 13.1 Å². The minimum Gasteiger partial charge on any atom is -0.396 e. The molecule has 6 nitrogen and oxygen atoms in total. The summed E-state index contributed by atoms with van der Waals surface area (Å²) in [6.45, 7) is 6.18. The van der Waals surface area contributed by atoms with E-state index in [4.69, 9.17) is 4.74 Å². The van der Waals surface area contributed by atoms with Crippen LogP contribution in [0.3, 0.4) is 0 Å². The fraction of sp³-hybridized carbons (Fsp3) is 0.929. The van der Waals surface area contributed by atoms with Crippen molar-refractivity contribution in [3.05, 3.63) is 0 Å². The highest BCUT2D eigenvalue weighted by Gasteiger charge is 2.34. The normalized spacial score (nSPS) is 28.1. The number of rotatable bonds is 3. The van der Waals surface area contributed by atoms with Crippen LogP contribution in [0.25, 0.3) is 0 Å². The second-order valence-electron chi connectivity index (χ2n) is 6.09. The van der Waals surface area contributed by atoms with E-state index in [2.05, 4.69) is 4.90 Å². The second-order valence-corrected chi connectivity index (χ2v) is 6.09. The first-order valence-electron chi connectivity index (χ1n) is 7.41. The molecular formula is C14H26N2O4. The molecule has 2 heterocycles. The first-order chi connectivity index (χ1) is 9.52. The minimum atomic E-state index is -0.691. The quantitative estimate of drug-likeness (QED) is 0.718. The monoisotopic (exact) mass is 286 g/mol. The molecule has 0 unspecified atom stereocenters. The lowest BCUT2D eigenvalue weighted by atomic mass is 9.93. The first kappa shape index (κ1) is 15.7. The number of β-amino-alcohol motifs (C(OH)–C–C–N with tert-alkyl or cyclic N) is 1. The molecular weight excluding hydrogens is 260 g/mol. The lowest BCUT2D eigenvalue weighted by Crippen LogP contribution is -2.48. The molecule has 0 aromatic rings. The topological polar surface area (TPSA) is 73.2 Å². The minimum absolute atomic E-state index is 0.0510. The number of aliphatic hydroxyl groups excluding tert-OH is 1. The van der Waals surface area contributed by atoms with E-state index < -0.39 is 5.60 Å². The van der Waals surface area contributed by atoms with E-state index in [1.165, 1.54) is 0 Å². The van der Waals surface area contributed by atoms with Crippen molar-refractivity contribution in [1.82, 2.24) is 9.80 Å². The molecule has 0 radical (unpaired) electrons. The zero-order valence-electron chi connectivity index (χ0n) is 12.3. The van der Waals surface area contributed by atoms with E-state index in [1.54, 1.807) is 11.8 Å². The van der Waals surface area contributed by atoms with Crippen molar-refractivity contribution in [3.63, 3.8) is 0 Å². The molecule has 1 amide bonds. The third-order valence-corrected chi connectivity index (χ3v) is 4.33. The third-order valence-electron chi connectivity index (χ3n) is 4.33. The van der Waals surface area contributed by atoms with Crippen molar-refractivity contribution in [3.8, 4) is 0 Å². The average molecular weight is 286 g/mol. The van der Waals surface area contributed by atoms with Crippen LogP contribution >= 0.6 is 0 Å². The Balaban J connectivity index is 1.95. The lowest BCUT2D eigenvalue weighted by Gasteiger charge is -2.37. The average Bonchev–Trinajstić information content (AvgIpc) is 2.61. The molecule has 2 rings (SSSR count). The van der Waals surface area contributed by atoms with Crippen LogP contribution in [0, 0.1) is 5.92 Å². The van der Waals surface area contributed by atoms with Gasteiger partial charge in [-0.1, -0.05) is 0 Å². The SMILES string of the molecule is CC(=O)N1CCN(CC2(O)CCOCC2)C[C@H](CO)C1. The smallest absolute Gasteiger partial charge is 0.219 e. The predicted octanol–water partition coefficient (Wildman–Crippen LogP) is -0.699. The Labute approximate surface area is 120 Å². The van der Waals surface area contributed by atoms with Gasteiger partial charge in [0.25, 0.3) is 0 Å². The van der Waals surface area contributed by atoms with E-state index in [9.17, 15) is 15.0 Å². The number of amides is 1. The zero-order valence-corrected chi connectivity index (χ0v) is 12.3. The summed E-state index contributed by atoms with van der Waals surface area (Å²) in [5.41, 5.74) is -0.691. The molecule has 1 atom stereocenters. The second kappa shape index (κ2) is 6.85. The standard InChI is InChI=1S/C14H26N2O4/c1-12(18)16-5-4-15(8-13(9-16)10-17)11-14(19)2-6-20-7-3-14/h13,17,19H,2-11H2,1H3/t13-/m0/s1. The Kier molecular flexibility index (Phi) is 5.37. The van der Waals surface area contributed by atoms with Gasteiger partial charge in [0.2, 0.25) is 5.91 Å². The number of nitrogens with zero attached hydrogens (tertiary/aromatic N) is 2. The number of aliphatic hydroxyl groups is 2. The van der Waals surface area contributed by atoms with Crippen LogP contribution in [-0.4, -0.2) is 84.1 Å². The van der Waals surface area contributed by atoms with Gasteiger partial charge >= 0.3 is 0 Å². The van der Waals surface area contributed by atoms with E-state index in [1.807, 2.05) is 0 Å². The largest absolute Gasteiger partial charge is 0.396 e. The Morgan fingerprint density at radius 1 is 1.30 bits per heavy atom. The molecule has 6 heteroatoms. The van der Waals surface area contributed by atoms with Crippen LogP contribution < -0.4 is 0 Å². The van der Waals surface area contributed by atoms with Gasteiger partial charge in [-0.05, 0) is 0 Å². The molecule has 2 aliphatic rings. The number of ether oxygens (including phenoxy) is 1. The fourth-order valence-electron chi connectivity index (χ4n) is 3.05. The van der Waals surface area contributed by atoms with Crippen molar-refractivity contribution in [2.75, 3.05) is 52.5 Å². The highest BCUT2D eigenvalue weighted by Crippen LogP contribution is 2.23. The summed E-state index contributed by atoms with van der Waals surface area (Å²) >= 11 is 0. The maximum atomic E-state index is 11.5. The van der Waals surface area contributed by atoms with E-state index in [-0.39, 0.29) is 18.4 Å². The molecule has 20 heavy (non-hydrogen) atoms. The molecule has 116 valence electrons. The summed E-state index contributed by atoms with van der Waals surface area (Å²) in [5.74, 6) is 0.111. The molecule has 0 aliphatic carbocycles. The van der Waals surface area contributed by atoms with Crippen molar-refractivity contribution in [2.45, 2.75) is 25.4 Å². The molecule has 2 aliphatic heterocycles. The van der Waals surface area contributed by atoms with Crippen LogP contribution in [0.15, 0.2) is 0 Å².